The monoisotopic (exact) mass is 268 g/mol. The molecule has 5 atom stereocenters. The van der Waals surface area contributed by atoms with E-state index >= 15 is 0 Å². The average Bonchev–Trinajstić information content (AvgIpc) is 2.42. The number of likely N-dealkylation sites (tertiary alicyclic amines) is 1. The third-order valence-electron chi connectivity index (χ3n) is 5.42. The van der Waals surface area contributed by atoms with Gasteiger partial charge in [-0.25, -0.2) is 0 Å². The van der Waals surface area contributed by atoms with Crippen molar-refractivity contribution >= 4 is 0 Å². The number of hydrogen-bond acceptors (Lipinski definition) is 3. The van der Waals surface area contributed by atoms with E-state index in [1.807, 2.05) is 0 Å². The van der Waals surface area contributed by atoms with Crippen LogP contribution in [0.25, 0.3) is 0 Å². The summed E-state index contributed by atoms with van der Waals surface area (Å²) in [6.45, 7) is 7.42. The second-order valence-electron chi connectivity index (χ2n) is 6.86. The van der Waals surface area contributed by atoms with Crippen LogP contribution in [-0.4, -0.2) is 41.8 Å². The number of aliphatic hydroxyl groups is 1. The molecule has 1 aliphatic carbocycles. The fraction of sp³-hybridized carbons (Fsp3) is 1.00. The van der Waals surface area contributed by atoms with Gasteiger partial charge in [0.05, 0.1) is 6.10 Å². The van der Waals surface area contributed by atoms with Crippen molar-refractivity contribution in [3.05, 3.63) is 0 Å². The largest absolute Gasteiger partial charge is 0.393 e. The molecule has 5 unspecified atom stereocenters. The highest BCUT2D eigenvalue weighted by atomic mass is 16.3. The van der Waals surface area contributed by atoms with Gasteiger partial charge in [0.2, 0.25) is 0 Å². The number of hydrogen-bond donors (Lipinski definition) is 2. The molecular formula is C16H32N2O. The number of nitrogens with two attached hydrogens (primary N) is 1. The summed E-state index contributed by atoms with van der Waals surface area (Å²) in [5, 5.41) is 9.90. The van der Waals surface area contributed by atoms with Crippen molar-refractivity contribution < 1.29 is 5.11 Å². The van der Waals surface area contributed by atoms with E-state index in [1.165, 1.54) is 32.1 Å². The molecule has 0 aromatic rings. The Labute approximate surface area is 118 Å². The molecule has 3 heteroatoms. The van der Waals surface area contributed by atoms with Crippen LogP contribution in [0, 0.1) is 17.8 Å². The van der Waals surface area contributed by atoms with E-state index in [0.717, 1.165) is 32.0 Å². The van der Waals surface area contributed by atoms with E-state index in [1.54, 1.807) is 0 Å². The zero-order valence-electron chi connectivity index (χ0n) is 12.7. The third-order valence-corrected chi connectivity index (χ3v) is 5.42. The molecule has 3 nitrogen and oxygen atoms in total. The molecule has 0 radical (unpaired) electrons. The second kappa shape index (κ2) is 7.05. The smallest absolute Gasteiger partial charge is 0.0590 e. The van der Waals surface area contributed by atoms with Crippen LogP contribution in [-0.2, 0) is 0 Å². The zero-order valence-corrected chi connectivity index (χ0v) is 12.7. The first-order valence-electron chi connectivity index (χ1n) is 8.27. The molecule has 0 amide bonds. The van der Waals surface area contributed by atoms with Crippen molar-refractivity contribution in [1.29, 1.82) is 0 Å². The molecule has 0 spiro atoms. The molecule has 112 valence electrons. The quantitative estimate of drug-likeness (QED) is 0.822. The number of piperidine rings is 1. The van der Waals surface area contributed by atoms with E-state index in [0.29, 0.717) is 17.9 Å². The summed E-state index contributed by atoms with van der Waals surface area (Å²) < 4.78 is 0. The molecule has 0 aromatic carbocycles. The van der Waals surface area contributed by atoms with Crippen molar-refractivity contribution in [1.82, 2.24) is 4.90 Å². The van der Waals surface area contributed by atoms with Crippen LogP contribution in [0.5, 0.6) is 0 Å². The van der Waals surface area contributed by atoms with E-state index in [-0.39, 0.29) is 6.10 Å². The Morgan fingerprint density at radius 1 is 1.26 bits per heavy atom. The maximum atomic E-state index is 9.90. The number of rotatable bonds is 4. The first-order valence-corrected chi connectivity index (χ1v) is 8.27. The number of nitrogens with zero attached hydrogens (tertiary/aromatic N) is 1. The highest BCUT2D eigenvalue weighted by Gasteiger charge is 2.36. The van der Waals surface area contributed by atoms with Crippen LogP contribution in [0.1, 0.15) is 52.4 Å². The minimum atomic E-state index is -0.0948. The van der Waals surface area contributed by atoms with Crippen LogP contribution in [0.3, 0.4) is 0 Å². The normalized spacial score (nSPS) is 41.4. The molecule has 1 saturated heterocycles. The lowest BCUT2D eigenvalue weighted by atomic mass is 9.75. The highest BCUT2D eigenvalue weighted by molar-refractivity contribution is 4.90. The van der Waals surface area contributed by atoms with Gasteiger partial charge < -0.3 is 10.8 Å². The molecule has 1 saturated carbocycles. The van der Waals surface area contributed by atoms with Gasteiger partial charge in [0.1, 0.15) is 0 Å². The van der Waals surface area contributed by atoms with Gasteiger partial charge in [0.15, 0.2) is 0 Å². The molecule has 3 N–H and O–H groups in total. The zero-order chi connectivity index (χ0) is 13.8. The molecule has 1 aliphatic heterocycles. The summed E-state index contributed by atoms with van der Waals surface area (Å²) in [6, 6.07) is 0.672. The van der Waals surface area contributed by atoms with Crippen LogP contribution in [0.4, 0.5) is 0 Å². The molecule has 2 aliphatic rings. The van der Waals surface area contributed by atoms with Crippen molar-refractivity contribution in [3.63, 3.8) is 0 Å². The van der Waals surface area contributed by atoms with Crippen LogP contribution >= 0.6 is 0 Å². The van der Waals surface area contributed by atoms with Crippen LogP contribution in [0.2, 0.25) is 0 Å². The second-order valence-corrected chi connectivity index (χ2v) is 6.86. The third kappa shape index (κ3) is 3.71. The van der Waals surface area contributed by atoms with Crippen molar-refractivity contribution in [2.75, 3.05) is 19.6 Å². The Bertz CT molecular complexity index is 271. The van der Waals surface area contributed by atoms with Gasteiger partial charge in [-0.05, 0) is 43.6 Å². The Kier molecular flexibility index (Phi) is 5.67. The summed E-state index contributed by atoms with van der Waals surface area (Å²) in [7, 11) is 0. The van der Waals surface area contributed by atoms with E-state index < -0.39 is 0 Å². The molecule has 2 rings (SSSR count). The molecule has 0 bridgehead atoms. The first-order chi connectivity index (χ1) is 9.15. The van der Waals surface area contributed by atoms with E-state index in [9.17, 15) is 5.11 Å². The lowest BCUT2D eigenvalue weighted by molar-refractivity contribution is -0.0112. The van der Waals surface area contributed by atoms with Crippen molar-refractivity contribution in [2.45, 2.75) is 64.5 Å². The van der Waals surface area contributed by atoms with Crippen molar-refractivity contribution in [2.24, 2.45) is 23.5 Å². The SMILES string of the molecule is CCCC1CCC(CN)C(N2CCC(O)C(C)C2)C1. The predicted molar refractivity (Wildman–Crippen MR) is 79.9 cm³/mol. The lowest BCUT2D eigenvalue weighted by Gasteiger charge is -2.46. The Morgan fingerprint density at radius 3 is 2.68 bits per heavy atom. The Hall–Kier alpha value is -0.120. The standard InChI is InChI=1S/C16H32N2O/c1-3-4-13-5-6-14(10-17)15(9-13)18-8-7-16(19)12(2)11-18/h12-16,19H,3-11,17H2,1-2H3. The van der Waals surface area contributed by atoms with Gasteiger partial charge in [-0.1, -0.05) is 33.1 Å². The van der Waals surface area contributed by atoms with Gasteiger partial charge >= 0.3 is 0 Å². The van der Waals surface area contributed by atoms with Crippen LogP contribution < -0.4 is 5.73 Å². The topological polar surface area (TPSA) is 49.5 Å². The predicted octanol–water partition coefficient (Wildman–Crippen LogP) is 2.23. The minimum absolute atomic E-state index is 0.0948. The molecule has 19 heavy (non-hydrogen) atoms. The summed E-state index contributed by atoms with van der Waals surface area (Å²) in [4.78, 5) is 2.64. The van der Waals surface area contributed by atoms with Gasteiger partial charge in [0.25, 0.3) is 0 Å². The summed E-state index contributed by atoms with van der Waals surface area (Å²) in [5.41, 5.74) is 6.01. The maximum Gasteiger partial charge on any atom is 0.0590 e. The van der Waals surface area contributed by atoms with E-state index in [2.05, 4.69) is 18.7 Å². The minimum Gasteiger partial charge on any atom is -0.393 e. The highest BCUT2D eigenvalue weighted by Crippen LogP contribution is 2.36. The average molecular weight is 268 g/mol. The molecule has 1 heterocycles. The molecular weight excluding hydrogens is 236 g/mol. The van der Waals surface area contributed by atoms with E-state index in [4.69, 9.17) is 5.73 Å². The Morgan fingerprint density at radius 2 is 2.05 bits per heavy atom. The summed E-state index contributed by atoms with van der Waals surface area (Å²) in [5.74, 6) is 1.99. The molecule has 0 aromatic heterocycles. The van der Waals surface area contributed by atoms with Gasteiger partial charge in [-0.2, -0.15) is 0 Å². The fourth-order valence-electron chi connectivity index (χ4n) is 4.15. The maximum absolute atomic E-state index is 9.90. The fourth-order valence-corrected chi connectivity index (χ4v) is 4.15. The lowest BCUT2D eigenvalue weighted by Crippen LogP contribution is -2.52. The van der Waals surface area contributed by atoms with Gasteiger partial charge in [0, 0.05) is 19.1 Å². The molecule has 2 fully saturated rings. The first kappa shape index (κ1) is 15.3. The van der Waals surface area contributed by atoms with Gasteiger partial charge in [-0.15, -0.1) is 0 Å². The number of aliphatic hydroxyl groups excluding tert-OH is 1. The van der Waals surface area contributed by atoms with Crippen molar-refractivity contribution in [3.8, 4) is 0 Å². The summed E-state index contributed by atoms with van der Waals surface area (Å²) >= 11 is 0. The van der Waals surface area contributed by atoms with Gasteiger partial charge in [-0.3, -0.25) is 4.90 Å². The summed E-state index contributed by atoms with van der Waals surface area (Å²) in [6.07, 6.45) is 7.53. The van der Waals surface area contributed by atoms with Crippen LogP contribution in [0.15, 0.2) is 0 Å². The Balaban J connectivity index is 1.97.